The summed E-state index contributed by atoms with van der Waals surface area (Å²) in [6.45, 7) is 0. The van der Waals surface area contributed by atoms with E-state index < -0.39 is 18.0 Å². The molecule has 0 bridgehead atoms. The molecule has 5 heteroatoms. The Bertz CT molecular complexity index is 215. The molecule has 0 aliphatic carbocycles. The number of carbonyl (C=O) groups is 1. The van der Waals surface area contributed by atoms with E-state index in [1.54, 1.807) is 6.08 Å². The van der Waals surface area contributed by atoms with Crippen molar-refractivity contribution in [2.75, 3.05) is 14.2 Å². The molecule has 0 aromatic heterocycles. The lowest BCUT2D eigenvalue weighted by Gasteiger charge is -2.22. The molecule has 0 saturated carbocycles. The zero-order valence-corrected chi connectivity index (χ0v) is 6.94. The molecule has 0 spiro atoms. The highest BCUT2D eigenvalue weighted by Crippen LogP contribution is 2.23. The summed E-state index contributed by atoms with van der Waals surface area (Å²) in [5.41, 5.74) is 5.06. The number of carbonyl (C=O) groups excluding carboxylic acids is 1. The van der Waals surface area contributed by atoms with E-state index in [0.717, 1.165) is 0 Å². The molecule has 2 N–H and O–H groups in total. The number of methoxy groups -OCH3 is 2. The summed E-state index contributed by atoms with van der Waals surface area (Å²) in [6, 6.07) is 0. The maximum Gasteiger partial charge on any atom is 0.282 e. The van der Waals surface area contributed by atoms with Gasteiger partial charge in [0.05, 0.1) is 0 Å². The maximum atomic E-state index is 10.9. The number of amides is 1. The predicted octanol–water partition coefficient (Wildman–Crippen LogP) is -0.627. The molecule has 12 heavy (non-hydrogen) atoms. The van der Waals surface area contributed by atoms with Gasteiger partial charge in [0.2, 0.25) is 0 Å². The van der Waals surface area contributed by atoms with Crippen LogP contribution in [0.4, 0.5) is 0 Å². The van der Waals surface area contributed by atoms with Crippen molar-refractivity contribution >= 4 is 5.91 Å². The quantitative estimate of drug-likeness (QED) is 0.577. The number of ether oxygens (including phenoxy) is 3. The van der Waals surface area contributed by atoms with Gasteiger partial charge in [-0.15, -0.1) is 0 Å². The average molecular weight is 173 g/mol. The average Bonchev–Trinajstić information content (AvgIpc) is 2.48. The summed E-state index contributed by atoms with van der Waals surface area (Å²) in [6.07, 6.45) is 2.43. The Balaban J connectivity index is 2.74. The van der Waals surface area contributed by atoms with Crippen molar-refractivity contribution in [1.29, 1.82) is 0 Å². The van der Waals surface area contributed by atoms with Crippen molar-refractivity contribution in [2.45, 2.75) is 12.1 Å². The monoisotopic (exact) mass is 173 g/mol. The first-order valence-electron chi connectivity index (χ1n) is 3.39. The van der Waals surface area contributed by atoms with Gasteiger partial charge < -0.3 is 19.9 Å². The zero-order chi connectivity index (χ0) is 9.19. The van der Waals surface area contributed by atoms with Crippen LogP contribution in [0.3, 0.4) is 0 Å². The lowest BCUT2D eigenvalue weighted by molar-refractivity contribution is -0.233. The molecule has 0 radical (unpaired) electrons. The highest BCUT2D eigenvalue weighted by atomic mass is 16.8. The smallest absolute Gasteiger partial charge is 0.282 e. The second-order valence-corrected chi connectivity index (χ2v) is 2.32. The van der Waals surface area contributed by atoms with E-state index in [4.69, 9.17) is 19.9 Å². The minimum absolute atomic E-state index is 0.572. The van der Waals surface area contributed by atoms with Gasteiger partial charge >= 0.3 is 0 Å². The molecule has 0 aromatic carbocycles. The maximum absolute atomic E-state index is 10.9. The largest absolute Gasteiger partial charge is 0.365 e. The lowest BCUT2D eigenvalue weighted by Crippen LogP contribution is -2.45. The van der Waals surface area contributed by atoms with E-state index in [0.29, 0.717) is 0 Å². The molecule has 0 unspecified atom stereocenters. The van der Waals surface area contributed by atoms with E-state index in [1.807, 2.05) is 0 Å². The molecule has 68 valence electrons. The van der Waals surface area contributed by atoms with Crippen LogP contribution in [-0.2, 0) is 19.0 Å². The molecule has 1 heterocycles. The van der Waals surface area contributed by atoms with Crippen LogP contribution >= 0.6 is 0 Å². The lowest BCUT2D eigenvalue weighted by atomic mass is 10.2. The van der Waals surface area contributed by atoms with Crippen LogP contribution in [-0.4, -0.2) is 32.2 Å². The fourth-order valence-corrected chi connectivity index (χ4v) is 0.940. The Hall–Kier alpha value is -0.910. The van der Waals surface area contributed by atoms with Crippen molar-refractivity contribution in [3.8, 4) is 0 Å². The fourth-order valence-electron chi connectivity index (χ4n) is 0.940. The van der Waals surface area contributed by atoms with Crippen molar-refractivity contribution in [2.24, 2.45) is 5.73 Å². The van der Waals surface area contributed by atoms with Gasteiger partial charge in [-0.3, -0.25) is 4.79 Å². The van der Waals surface area contributed by atoms with E-state index >= 15 is 0 Å². The minimum Gasteiger partial charge on any atom is -0.365 e. The Kier molecular flexibility index (Phi) is 2.46. The van der Waals surface area contributed by atoms with Gasteiger partial charge in [0.25, 0.3) is 11.7 Å². The number of hydrogen-bond donors (Lipinski definition) is 1. The summed E-state index contributed by atoms with van der Waals surface area (Å²) in [7, 11) is 2.80. The van der Waals surface area contributed by atoms with Crippen LogP contribution in [0.15, 0.2) is 12.2 Å². The Labute approximate surface area is 70.1 Å². The van der Waals surface area contributed by atoms with Crippen LogP contribution in [0, 0.1) is 0 Å². The second-order valence-electron chi connectivity index (χ2n) is 2.32. The summed E-state index contributed by atoms with van der Waals surface area (Å²) in [5, 5.41) is 0. The van der Waals surface area contributed by atoms with Crippen LogP contribution in [0.5, 0.6) is 0 Å². The van der Waals surface area contributed by atoms with Crippen LogP contribution in [0.2, 0.25) is 0 Å². The summed E-state index contributed by atoms with van der Waals surface area (Å²) in [5.74, 6) is -2.15. The highest BCUT2D eigenvalue weighted by molar-refractivity contribution is 5.84. The Morgan fingerprint density at radius 1 is 1.67 bits per heavy atom. The summed E-state index contributed by atoms with van der Waals surface area (Å²) in [4.78, 5) is 10.9. The van der Waals surface area contributed by atoms with Gasteiger partial charge in [-0.2, -0.15) is 0 Å². The van der Waals surface area contributed by atoms with E-state index in [-0.39, 0.29) is 0 Å². The van der Waals surface area contributed by atoms with Gasteiger partial charge in [0.1, 0.15) is 0 Å². The first-order valence-corrected chi connectivity index (χ1v) is 3.39. The van der Waals surface area contributed by atoms with Crippen molar-refractivity contribution in [3.63, 3.8) is 0 Å². The van der Waals surface area contributed by atoms with Gasteiger partial charge in [0, 0.05) is 14.2 Å². The molecule has 0 aromatic rings. The molecule has 5 nitrogen and oxygen atoms in total. The molecule has 1 aliphatic heterocycles. The van der Waals surface area contributed by atoms with Crippen LogP contribution < -0.4 is 5.73 Å². The third kappa shape index (κ3) is 1.34. The predicted molar refractivity (Wildman–Crippen MR) is 40.0 cm³/mol. The van der Waals surface area contributed by atoms with Crippen LogP contribution in [0.1, 0.15) is 0 Å². The first kappa shape index (κ1) is 9.18. The topological polar surface area (TPSA) is 70.8 Å². The third-order valence-electron chi connectivity index (χ3n) is 1.64. The molecule has 2 atom stereocenters. The molecule has 1 amide bonds. The first-order chi connectivity index (χ1) is 5.64. The molecular formula is C7H11NO4. The molecule has 1 aliphatic rings. The zero-order valence-electron chi connectivity index (χ0n) is 6.94. The Morgan fingerprint density at radius 3 is 2.58 bits per heavy atom. The second kappa shape index (κ2) is 3.22. The van der Waals surface area contributed by atoms with Crippen molar-refractivity contribution < 1.29 is 19.0 Å². The SMILES string of the molecule is CO[C@@H]1C=C[C@](OC)(C(N)=O)O1. The van der Waals surface area contributed by atoms with Crippen molar-refractivity contribution in [1.82, 2.24) is 0 Å². The molecular weight excluding hydrogens is 162 g/mol. The van der Waals surface area contributed by atoms with E-state index in [2.05, 4.69) is 0 Å². The third-order valence-corrected chi connectivity index (χ3v) is 1.64. The number of primary amides is 1. The molecule has 0 saturated heterocycles. The van der Waals surface area contributed by atoms with Gasteiger partial charge in [0.15, 0.2) is 6.29 Å². The molecule has 0 fully saturated rings. The van der Waals surface area contributed by atoms with Gasteiger partial charge in [-0.1, -0.05) is 0 Å². The highest BCUT2D eigenvalue weighted by Gasteiger charge is 2.41. The van der Waals surface area contributed by atoms with Gasteiger partial charge in [-0.25, -0.2) is 0 Å². The van der Waals surface area contributed by atoms with Crippen molar-refractivity contribution in [3.05, 3.63) is 12.2 Å². The molecule has 1 rings (SSSR count). The normalized spacial score (nSPS) is 34.0. The number of nitrogens with two attached hydrogens (primary N) is 1. The Morgan fingerprint density at radius 2 is 2.33 bits per heavy atom. The standard InChI is InChI=1S/C7H11NO4/c1-10-5-3-4-7(11-2,12-5)6(8)9/h3-5H,1-2H3,(H2,8,9)/t5-,7+/m0/s1. The number of hydrogen-bond acceptors (Lipinski definition) is 4. The summed E-state index contributed by atoms with van der Waals surface area (Å²) < 4.78 is 14.7. The number of rotatable bonds is 3. The van der Waals surface area contributed by atoms with Crippen LogP contribution in [0.25, 0.3) is 0 Å². The minimum atomic E-state index is -1.46. The fraction of sp³-hybridized carbons (Fsp3) is 0.571. The van der Waals surface area contributed by atoms with E-state index in [1.165, 1.54) is 20.3 Å². The van der Waals surface area contributed by atoms with E-state index in [9.17, 15) is 4.79 Å². The summed E-state index contributed by atoms with van der Waals surface area (Å²) >= 11 is 0. The van der Waals surface area contributed by atoms with Gasteiger partial charge in [-0.05, 0) is 12.2 Å².